The van der Waals surface area contributed by atoms with E-state index in [1.807, 2.05) is 29.7 Å². The number of imidazole rings is 1. The molecule has 0 N–H and O–H groups in total. The monoisotopic (exact) mass is 340 g/mol. The van der Waals surface area contributed by atoms with E-state index in [0.717, 1.165) is 29.7 Å². The summed E-state index contributed by atoms with van der Waals surface area (Å²) in [5.41, 5.74) is 4.16. The van der Waals surface area contributed by atoms with Crippen LogP contribution in [0.3, 0.4) is 0 Å². The van der Waals surface area contributed by atoms with Crippen molar-refractivity contribution in [3.8, 4) is 11.3 Å². The predicted molar refractivity (Wildman–Crippen MR) is 94.9 cm³/mol. The van der Waals surface area contributed by atoms with E-state index in [-0.39, 0.29) is 18.2 Å². The molecule has 0 saturated carbocycles. The van der Waals surface area contributed by atoms with Gasteiger partial charge in [0.2, 0.25) is 0 Å². The molecule has 2 aromatic heterocycles. The summed E-state index contributed by atoms with van der Waals surface area (Å²) in [4.78, 5) is 16.8. The third-order valence-corrected chi connectivity index (χ3v) is 4.09. The number of aromatic nitrogens is 2. The molecule has 5 heteroatoms. The summed E-state index contributed by atoms with van der Waals surface area (Å²) in [7, 11) is 0. The van der Waals surface area contributed by atoms with Crippen molar-refractivity contribution in [1.29, 1.82) is 0 Å². The van der Waals surface area contributed by atoms with Crippen LogP contribution in [0.5, 0.6) is 0 Å². The summed E-state index contributed by atoms with van der Waals surface area (Å²) in [5.74, 6) is -0.587. The van der Waals surface area contributed by atoms with E-state index < -0.39 is 0 Å². The van der Waals surface area contributed by atoms with Gasteiger partial charge >= 0.3 is 5.97 Å². The number of aryl methyl sites for hydroxylation is 1. The SMILES string of the molecule is CCCOC(=O)Cc1c(-c2ccc(F)cc2)nc2cc(CC)ccn12. The molecule has 0 aliphatic rings. The van der Waals surface area contributed by atoms with Gasteiger partial charge in [0.25, 0.3) is 0 Å². The quantitative estimate of drug-likeness (QED) is 0.632. The van der Waals surface area contributed by atoms with E-state index in [9.17, 15) is 9.18 Å². The summed E-state index contributed by atoms with van der Waals surface area (Å²) < 4.78 is 20.4. The topological polar surface area (TPSA) is 43.6 Å². The second-order valence-corrected chi connectivity index (χ2v) is 5.93. The standard InChI is InChI=1S/C20H21FN2O2/c1-3-11-25-19(24)13-17-20(15-5-7-16(21)8-6-15)22-18-12-14(4-2)9-10-23(17)18/h5-10,12H,3-4,11,13H2,1-2H3. The summed E-state index contributed by atoms with van der Waals surface area (Å²) in [6.45, 7) is 4.44. The zero-order chi connectivity index (χ0) is 17.8. The minimum absolute atomic E-state index is 0.124. The van der Waals surface area contributed by atoms with Crippen LogP contribution < -0.4 is 0 Å². The maximum absolute atomic E-state index is 13.3. The molecule has 3 aromatic rings. The molecule has 0 amide bonds. The van der Waals surface area contributed by atoms with Gasteiger partial charge in [0.15, 0.2) is 0 Å². The van der Waals surface area contributed by atoms with Crippen LogP contribution in [0.15, 0.2) is 42.6 Å². The van der Waals surface area contributed by atoms with Gasteiger partial charge in [-0.1, -0.05) is 13.8 Å². The van der Waals surface area contributed by atoms with Gasteiger partial charge in [-0.15, -0.1) is 0 Å². The van der Waals surface area contributed by atoms with E-state index in [2.05, 4.69) is 11.9 Å². The molecule has 4 nitrogen and oxygen atoms in total. The summed E-state index contributed by atoms with van der Waals surface area (Å²) in [5, 5.41) is 0. The molecule has 0 bridgehead atoms. The number of hydrogen-bond acceptors (Lipinski definition) is 3. The number of rotatable bonds is 6. The zero-order valence-electron chi connectivity index (χ0n) is 14.5. The van der Waals surface area contributed by atoms with Crippen molar-refractivity contribution in [3.63, 3.8) is 0 Å². The highest BCUT2D eigenvalue weighted by molar-refractivity contribution is 5.77. The molecule has 0 aliphatic carbocycles. The Labute approximate surface area is 146 Å². The van der Waals surface area contributed by atoms with Crippen LogP contribution in [0.2, 0.25) is 0 Å². The lowest BCUT2D eigenvalue weighted by atomic mass is 10.1. The van der Waals surface area contributed by atoms with Crippen LogP contribution in [0.25, 0.3) is 16.9 Å². The molecule has 3 rings (SSSR count). The number of benzene rings is 1. The Morgan fingerprint density at radius 3 is 2.64 bits per heavy atom. The molecule has 0 unspecified atom stereocenters. The van der Waals surface area contributed by atoms with E-state index in [1.54, 1.807) is 12.1 Å². The molecule has 0 saturated heterocycles. The molecular formula is C20H21FN2O2. The fourth-order valence-electron chi connectivity index (χ4n) is 2.77. The van der Waals surface area contributed by atoms with Gasteiger partial charge in [-0.25, -0.2) is 9.37 Å². The molecule has 25 heavy (non-hydrogen) atoms. The first kappa shape index (κ1) is 17.1. The smallest absolute Gasteiger partial charge is 0.311 e. The van der Waals surface area contributed by atoms with Crippen molar-refractivity contribution in [1.82, 2.24) is 9.38 Å². The second-order valence-electron chi connectivity index (χ2n) is 5.93. The fourth-order valence-corrected chi connectivity index (χ4v) is 2.77. The van der Waals surface area contributed by atoms with Crippen LogP contribution >= 0.6 is 0 Å². The average molecular weight is 340 g/mol. The van der Waals surface area contributed by atoms with Crippen molar-refractivity contribution in [2.24, 2.45) is 0 Å². The van der Waals surface area contributed by atoms with Crippen molar-refractivity contribution in [2.75, 3.05) is 6.61 Å². The van der Waals surface area contributed by atoms with Crippen LogP contribution in [0.4, 0.5) is 4.39 Å². The lowest BCUT2D eigenvalue weighted by molar-refractivity contribution is -0.142. The van der Waals surface area contributed by atoms with Gasteiger partial charge in [-0.2, -0.15) is 0 Å². The maximum atomic E-state index is 13.3. The zero-order valence-corrected chi connectivity index (χ0v) is 14.5. The normalized spacial score (nSPS) is 11.0. The first-order valence-corrected chi connectivity index (χ1v) is 8.53. The van der Waals surface area contributed by atoms with Gasteiger partial charge in [-0.05, 0) is 54.8 Å². The number of halogens is 1. The Balaban J connectivity index is 2.08. The number of carbonyl (C=O) groups excluding carboxylic acids is 1. The van der Waals surface area contributed by atoms with Crippen molar-refractivity contribution < 1.29 is 13.9 Å². The van der Waals surface area contributed by atoms with E-state index in [4.69, 9.17) is 4.74 Å². The predicted octanol–water partition coefficient (Wildman–Crippen LogP) is 4.20. The number of carbonyl (C=O) groups is 1. The molecule has 0 aliphatic heterocycles. The number of fused-ring (bicyclic) bond motifs is 1. The molecule has 0 spiro atoms. The molecule has 2 heterocycles. The Bertz CT molecular complexity index is 885. The number of nitrogens with zero attached hydrogens (tertiary/aromatic N) is 2. The Kier molecular flexibility index (Phi) is 5.12. The lowest BCUT2D eigenvalue weighted by Crippen LogP contribution is -2.11. The maximum Gasteiger partial charge on any atom is 0.311 e. The summed E-state index contributed by atoms with van der Waals surface area (Å²) in [6, 6.07) is 10.2. The van der Waals surface area contributed by atoms with Crippen LogP contribution in [0.1, 0.15) is 31.5 Å². The molecular weight excluding hydrogens is 319 g/mol. The van der Waals surface area contributed by atoms with Crippen LogP contribution in [-0.2, 0) is 22.4 Å². The minimum Gasteiger partial charge on any atom is -0.465 e. The number of pyridine rings is 1. The highest BCUT2D eigenvalue weighted by Gasteiger charge is 2.18. The van der Waals surface area contributed by atoms with Gasteiger partial charge in [0, 0.05) is 11.8 Å². The van der Waals surface area contributed by atoms with Gasteiger partial charge in [-0.3, -0.25) is 4.79 Å². The van der Waals surface area contributed by atoms with Gasteiger partial charge < -0.3 is 9.14 Å². The number of hydrogen-bond donors (Lipinski definition) is 0. The highest BCUT2D eigenvalue weighted by Crippen LogP contribution is 2.26. The number of esters is 1. The van der Waals surface area contributed by atoms with Gasteiger partial charge in [0.1, 0.15) is 11.5 Å². The van der Waals surface area contributed by atoms with Crippen molar-refractivity contribution in [2.45, 2.75) is 33.1 Å². The average Bonchev–Trinajstić information content (AvgIpc) is 2.98. The largest absolute Gasteiger partial charge is 0.465 e. The summed E-state index contributed by atoms with van der Waals surface area (Å²) >= 11 is 0. The van der Waals surface area contributed by atoms with Gasteiger partial charge in [0.05, 0.1) is 24.4 Å². The third kappa shape index (κ3) is 3.71. The minimum atomic E-state index is -0.301. The Morgan fingerprint density at radius 1 is 1.20 bits per heavy atom. The first-order valence-electron chi connectivity index (χ1n) is 8.53. The highest BCUT2D eigenvalue weighted by atomic mass is 19.1. The molecule has 0 atom stereocenters. The molecule has 1 aromatic carbocycles. The van der Waals surface area contributed by atoms with Crippen molar-refractivity contribution >= 4 is 11.6 Å². The lowest BCUT2D eigenvalue weighted by Gasteiger charge is -2.06. The fraction of sp³-hybridized carbons (Fsp3) is 0.300. The van der Waals surface area contributed by atoms with E-state index in [0.29, 0.717) is 12.3 Å². The van der Waals surface area contributed by atoms with E-state index in [1.165, 1.54) is 17.7 Å². The molecule has 0 radical (unpaired) electrons. The molecule has 0 fully saturated rings. The van der Waals surface area contributed by atoms with Crippen molar-refractivity contribution in [3.05, 3.63) is 59.7 Å². The molecule has 130 valence electrons. The number of ether oxygens (including phenoxy) is 1. The second kappa shape index (κ2) is 7.47. The first-order chi connectivity index (χ1) is 12.1. The summed E-state index contributed by atoms with van der Waals surface area (Å²) in [6.07, 6.45) is 3.74. The Morgan fingerprint density at radius 2 is 1.96 bits per heavy atom. The van der Waals surface area contributed by atoms with Crippen LogP contribution in [0, 0.1) is 5.82 Å². The Hall–Kier alpha value is -2.69. The third-order valence-electron chi connectivity index (χ3n) is 4.09. The van der Waals surface area contributed by atoms with E-state index >= 15 is 0 Å². The van der Waals surface area contributed by atoms with Crippen LogP contribution in [-0.4, -0.2) is 22.0 Å².